The molecular formula is C17H22N7+. The van der Waals surface area contributed by atoms with Gasteiger partial charge in [-0.3, -0.25) is 0 Å². The van der Waals surface area contributed by atoms with Crippen molar-refractivity contribution in [3.8, 4) is 0 Å². The van der Waals surface area contributed by atoms with Crippen LogP contribution in [0.3, 0.4) is 0 Å². The van der Waals surface area contributed by atoms with Crippen molar-refractivity contribution >= 4 is 22.7 Å². The van der Waals surface area contributed by atoms with Crippen molar-refractivity contribution in [1.82, 2.24) is 19.9 Å². The molecule has 0 aliphatic carbocycles. The molecule has 0 radical (unpaired) electrons. The first kappa shape index (κ1) is 14.9. The van der Waals surface area contributed by atoms with E-state index in [0.717, 1.165) is 37.5 Å². The van der Waals surface area contributed by atoms with Crippen molar-refractivity contribution in [2.45, 2.75) is 0 Å². The van der Waals surface area contributed by atoms with Gasteiger partial charge in [-0.25, -0.2) is 15.0 Å². The maximum atomic E-state index is 4.30. The minimum Gasteiger partial charge on any atom is -0.363 e. The summed E-state index contributed by atoms with van der Waals surface area (Å²) in [5, 5.41) is 3.41. The van der Waals surface area contributed by atoms with E-state index < -0.39 is 0 Å². The van der Waals surface area contributed by atoms with Gasteiger partial charge in [-0.1, -0.05) is 18.2 Å². The molecule has 7 heteroatoms. The second kappa shape index (κ2) is 6.84. The lowest BCUT2D eigenvalue weighted by molar-refractivity contribution is -0.898. The van der Waals surface area contributed by atoms with Gasteiger partial charge in [-0.15, -0.1) is 0 Å². The second-order valence-corrected chi connectivity index (χ2v) is 6.07. The highest BCUT2D eigenvalue weighted by Crippen LogP contribution is 2.14. The highest BCUT2D eigenvalue weighted by atomic mass is 15.3. The second-order valence-electron chi connectivity index (χ2n) is 6.07. The van der Waals surface area contributed by atoms with Crippen LogP contribution in [0, 0.1) is 0 Å². The van der Waals surface area contributed by atoms with Crippen molar-refractivity contribution in [2.75, 3.05) is 49.5 Å². The van der Waals surface area contributed by atoms with E-state index in [1.807, 2.05) is 0 Å². The van der Waals surface area contributed by atoms with Crippen molar-refractivity contribution in [2.24, 2.45) is 0 Å². The number of hydrogen-bond donors (Lipinski definition) is 3. The van der Waals surface area contributed by atoms with Crippen LogP contribution in [0.15, 0.2) is 43.0 Å². The average Bonchev–Trinajstić information content (AvgIpc) is 3.13. The molecule has 1 fully saturated rings. The first-order valence-corrected chi connectivity index (χ1v) is 8.42. The van der Waals surface area contributed by atoms with Crippen molar-refractivity contribution in [3.63, 3.8) is 0 Å². The molecule has 4 rings (SSSR count). The van der Waals surface area contributed by atoms with Crippen LogP contribution in [0.25, 0.3) is 11.2 Å². The van der Waals surface area contributed by atoms with E-state index in [1.54, 1.807) is 17.6 Å². The molecule has 0 spiro atoms. The Balaban J connectivity index is 1.27. The molecule has 7 nitrogen and oxygen atoms in total. The molecule has 3 heterocycles. The molecule has 1 aliphatic rings. The Kier molecular flexibility index (Phi) is 4.24. The predicted octanol–water partition coefficient (Wildman–Crippen LogP) is 0.170. The Morgan fingerprint density at radius 2 is 1.92 bits per heavy atom. The topological polar surface area (TPSA) is 74.2 Å². The lowest BCUT2D eigenvalue weighted by Crippen LogP contribution is -3.15. The minimum absolute atomic E-state index is 0.705. The molecule has 3 aromatic rings. The number of fused-ring (bicyclic) bond motifs is 1. The Labute approximate surface area is 140 Å². The van der Waals surface area contributed by atoms with Gasteiger partial charge in [0.1, 0.15) is 11.8 Å². The van der Waals surface area contributed by atoms with Gasteiger partial charge in [0, 0.05) is 5.69 Å². The van der Waals surface area contributed by atoms with Gasteiger partial charge in [0.2, 0.25) is 0 Å². The number of anilines is 2. The van der Waals surface area contributed by atoms with Gasteiger partial charge < -0.3 is 20.1 Å². The molecule has 0 atom stereocenters. The summed E-state index contributed by atoms with van der Waals surface area (Å²) < 4.78 is 0. The van der Waals surface area contributed by atoms with E-state index in [1.165, 1.54) is 18.8 Å². The molecular weight excluding hydrogens is 302 g/mol. The maximum Gasteiger partial charge on any atom is 0.182 e. The molecule has 1 aromatic carbocycles. The first-order valence-electron chi connectivity index (χ1n) is 8.42. The standard InChI is InChI=1S/C17H21N7/c1-2-4-14(5-3-1)24-10-8-23(9-11-24)7-6-18-16-15-17(20-12-19-15)22-13-21-16/h1-5,12-13H,6-11H2,(H2,18,19,20,21,22)/p+1. The first-order chi connectivity index (χ1) is 11.9. The number of imidazole rings is 1. The molecule has 124 valence electrons. The zero-order chi connectivity index (χ0) is 16.2. The fourth-order valence-corrected chi connectivity index (χ4v) is 3.23. The number of rotatable bonds is 5. The predicted molar refractivity (Wildman–Crippen MR) is 94.4 cm³/mol. The van der Waals surface area contributed by atoms with Gasteiger partial charge in [-0.2, -0.15) is 0 Å². The van der Waals surface area contributed by atoms with Crippen LogP contribution >= 0.6 is 0 Å². The molecule has 24 heavy (non-hydrogen) atoms. The van der Waals surface area contributed by atoms with Gasteiger partial charge in [0.25, 0.3) is 0 Å². The quantitative estimate of drug-likeness (QED) is 0.624. The van der Waals surface area contributed by atoms with Gasteiger partial charge in [0.15, 0.2) is 11.5 Å². The lowest BCUT2D eigenvalue weighted by Gasteiger charge is -2.33. The highest BCUT2D eigenvalue weighted by molar-refractivity contribution is 5.81. The highest BCUT2D eigenvalue weighted by Gasteiger charge is 2.19. The largest absolute Gasteiger partial charge is 0.363 e. The Hall–Kier alpha value is -2.67. The number of H-pyrrole nitrogens is 1. The smallest absolute Gasteiger partial charge is 0.182 e. The average molecular weight is 324 g/mol. The third-order valence-corrected chi connectivity index (χ3v) is 4.59. The van der Waals surface area contributed by atoms with Crippen LogP contribution in [0.5, 0.6) is 0 Å². The molecule has 1 aliphatic heterocycles. The zero-order valence-corrected chi connectivity index (χ0v) is 13.6. The molecule has 1 saturated heterocycles. The number of piperazine rings is 1. The monoisotopic (exact) mass is 324 g/mol. The Morgan fingerprint density at radius 3 is 2.75 bits per heavy atom. The van der Waals surface area contributed by atoms with Gasteiger partial charge in [0.05, 0.1) is 45.6 Å². The van der Waals surface area contributed by atoms with Crippen LogP contribution in [0.4, 0.5) is 11.5 Å². The summed E-state index contributed by atoms with van der Waals surface area (Å²) in [6.45, 7) is 6.53. The molecule has 2 aromatic heterocycles. The number of benzene rings is 1. The number of nitrogens with zero attached hydrogens (tertiary/aromatic N) is 4. The number of aromatic amines is 1. The summed E-state index contributed by atoms with van der Waals surface area (Å²) in [6.07, 6.45) is 3.20. The van der Waals surface area contributed by atoms with Crippen LogP contribution in [0.1, 0.15) is 0 Å². The molecule has 0 saturated carbocycles. The van der Waals surface area contributed by atoms with E-state index in [0.29, 0.717) is 5.65 Å². The van der Waals surface area contributed by atoms with E-state index in [4.69, 9.17) is 0 Å². The summed E-state index contributed by atoms with van der Waals surface area (Å²) in [5.74, 6) is 0.833. The van der Waals surface area contributed by atoms with E-state index in [-0.39, 0.29) is 0 Å². The van der Waals surface area contributed by atoms with E-state index in [2.05, 4.69) is 60.5 Å². The van der Waals surface area contributed by atoms with Crippen molar-refractivity contribution < 1.29 is 4.90 Å². The summed E-state index contributed by atoms with van der Waals surface area (Å²) in [6, 6.07) is 10.7. The number of quaternary nitrogens is 1. The fraction of sp³-hybridized carbons (Fsp3) is 0.353. The van der Waals surface area contributed by atoms with Crippen molar-refractivity contribution in [1.29, 1.82) is 0 Å². The fourth-order valence-electron chi connectivity index (χ4n) is 3.23. The third kappa shape index (κ3) is 3.16. The molecule has 0 bridgehead atoms. The molecule has 0 unspecified atom stereocenters. The van der Waals surface area contributed by atoms with Gasteiger partial charge >= 0.3 is 0 Å². The third-order valence-electron chi connectivity index (χ3n) is 4.59. The Bertz CT molecular complexity index is 778. The SMILES string of the molecule is c1ccc(N2CC[NH+](CCNc3ncnc4nc[nH]c34)CC2)cc1. The summed E-state index contributed by atoms with van der Waals surface area (Å²) >= 11 is 0. The number of hydrogen-bond acceptors (Lipinski definition) is 5. The van der Waals surface area contributed by atoms with Crippen LogP contribution in [-0.2, 0) is 0 Å². The molecule has 3 N–H and O–H groups in total. The summed E-state index contributed by atoms with van der Waals surface area (Å²) in [5.41, 5.74) is 2.91. The Morgan fingerprint density at radius 1 is 1.08 bits per heavy atom. The molecule has 0 amide bonds. The number of para-hydroxylation sites is 1. The summed E-state index contributed by atoms with van der Waals surface area (Å²) in [4.78, 5) is 19.8. The van der Waals surface area contributed by atoms with E-state index in [9.17, 15) is 0 Å². The zero-order valence-electron chi connectivity index (χ0n) is 13.6. The van der Waals surface area contributed by atoms with Crippen molar-refractivity contribution in [3.05, 3.63) is 43.0 Å². The van der Waals surface area contributed by atoms with Gasteiger partial charge in [-0.05, 0) is 12.1 Å². The minimum atomic E-state index is 0.705. The lowest BCUT2D eigenvalue weighted by atomic mass is 10.2. The van der Waals surface area contributed by atoms with Crippen LogP contribution in [-0.4, -0.2) is 59.2 Å². The number of nitrogens with one attached hydrogen (secondary N) is 3. The maximum absolute atomic E-state index is 4.30. The van der Waals surface area contributed by atoms with E-state index >= 15 is 0 Å². The normalized spacial score (nSPS) is 15.8. The summed E-state index contributed by atoms with van der Waals surface area (Å²) in [7, 11) is 0. The van der Waals surface area contributed by atoms with Crippen LogP contribution < -0.4 is 15.1 Å². The number of aromatic nitrogens is 4. The van der Waals surface area contributed by atoms with Crippen LogP contribution in [0.2, 0.25) is 0 Å².